The molecule has 2 aromatic carbocycles. The molecule has 1 aromatic heterocycles. The van der Waals surface area contributed by atoms with Crippen molar-refractivity contribution in [3.05, 3.63) is 59.2 Å². The quantitative estimate of drug-likeness (QED) is 0.530. The number of hydrogen-bond donors (Lipinski definition) is 3. The molecular weight excluding hydrogens is 462 g/mol. The van der Waals surface area contributed by atoms with Crippen molar-refractivity contribution >= 4 is 63.4 Å². The Balaban J connectivity index is 1.30. The number of nitrogens with zero attached hydrogens (tertiary/aromatic N) is 2. The van der Waals surface area contributed by atoms with Gasteiger partial charge in [-0.1, -0.05) is 29.8 Å². The van der Waals surface area contributed by atoms with Gasteiger partial charge in [0.05, 0.1) is 28.7 Å². The number of carbonyl (C=O) groups is 3. The number of thioether (sulfide) groups is 1. The second kappa shape index (κ2) is 8.99. The third-order valence-corrected chi connectivity index (χ3v) is 7.17. The molecule has 8 nitrogen and oxygen atoms in total. The zero-order chi connectivity index (χ0) is 22.9. The lowest BCUT2D eigenvalue weighted by molar-refractivity contribution is -0.120. The number of aromatic nitrogens is 1. The van der Waals surface area contributed by atoms with Crippen LogP contribution in [0.2, 0.25) is 5.02 Å². The van der Waals surface area contributed by atoms with Crippen molar-refractivity contribution in [1.29, 1.82) is 0 Å². The van der Waals surface area contributed by atoms with Crippen LogP contribution in [0.5, 0.6) is 0 Å². The van der Waals surface area contributed by atoms with E-state index in [-0.39, 0.29) is 24.3 Å². The number of rotatable bonds is 4. The van der Waals surface area contributed by atoms with E-state index in [1.54, 1.807) is 41.1 Å². The predicted molar refractivity (Wildman–Crippen MR) is 131 cm³/mol. The third-order valence-electron chi connectivity index (χ3n) is 5.86. The van der Waals surface area contributed by atoms with E-state index in [1.807, 2.05) is 29.2 Å². The van der Waals surface area contributed by atoms with E-state index in [2.05, 4.69) is 15.6 Å². The molecule has 0 unspecified atom stereocenters. The maximum absolute atomic E-state index is 13.2. The molecule has 2 aliphatic heterocycles. The van der Waals surface area contributed by atoms with Gasteiger partial charge >= 0.3 is 0 Å². The van der Waals surface area contributed by atoms with Crippen molar-refractivity contribution in [2.75, 3.05) is 41.5 Å². The SMILES string of the molecule is O=C1CN(c2ccc(NC(=O)[C@@H]3CSCN3C(=O)c3c[nH]c4ccccc34)cc2Cl)CCN1. The van der Waals surface area contributed by atoms with Crippen molar-refractivity contribution in [3.63, 3.8) is 0 Å². The summed E-state index contributed by atoms with van der Waals surface area (Å²) < 4.78 is 0. The number of amides is 3. The summed E-state index contributed by atoms with van der Waals surface area (Å²) in [6.07, 6.45) is 1.70. The summed E-state index contributed by atoms with van der Waals surface area (Å²) in [5.41, 5.74) is 2.74. The largest absolute Gasteiger partial charge is 0.360 e. The molecule has 0 spiro atoms. The first kappa shape index (κ1) is 21.7. The van der Waals surface area contributed by atoms with Crippen LogP contribution in [-0.4, -0.2) is 64.9 Å². The Morgan fingerprint density at radius 1 is 1.18 bits per heavy atom. The summed E-state index contributed by atoms with van der Waals surface area (Å²) in [6.45, 7) is 1.48. The first-order valence-electron chi connectivity index (χ1n) is 10.6. The van der Waals surface area contributed by atoms with Crippen molar-refractivity contribution in [1.82, 2.24) is 15.2 Å². The van der Waals surface area contributed by atoms with Gasteiger partial charge in [0, 0.05) is 41.6 Å². The Kier molecular flexibility index (Phi) is 5.90. The standard InChI is InChI=1S/C23H22ClN5O3S/c24-17-9-14(5-6-19(17)28-8-7-25-21(30)11-28)27-22(31)20-12-33-13-29(20)23(32)16-10-26-18-4-2-1-3-15(16)18/h1-6,9-10,20,26H,7-8,11-13H2,(H,25,30)(H,27,31)/t20-/m0/s1. The number of H-pyrrole nitrogens is 1. The molecule has 0 aliphatic carbocycles. The number of anilines is 2. The van der Waals surface area contributed by atoms with Gasteiger partial charge in [-0.05, 0) is 24.3 Å². The number of aromatic amines is 1. The van der Waals surface area contributed by atoms with Gasteiger partial charge in [-0.15, -0.1) is 11.8 Å². The molecule has 3 aromatic rings. The highest BCUT2D eigenvalue weighted by molar-refractivity contribution is 7.99. The maximum Gasteiger partial charge on any atom is 0.257 e. The molecule has 5 rings (SSSR count). The summed E-state index contributed by atoms with van der Waals surface area (Å²) in [4.78, 5) is 44.6. The molecule has 2 aliphatic rings. The van der Waals surface area contributed by atoms with E-state index in [0.717, 1.165) is 16.6 Å². The number of benzene rings is 2. The van der Waals surface area contributed by atoms with Gasteiger partial charge < -0.3 is 25.4 Å². The Morgan fingerprint density at radius 2 is 2.03 bits per heavy atom. The topological polar surface area (TPSA) is 97.5 Å². The summed E-state index contributed by atoms with van der Waals surface area (Å²) in [5, 5.41) is 6.97. The highest BCUT2D eigenvalue weighted by atomic mass is 35.5. The van der Waals surface area contributed by atoms with Gasteiger partial charge in [-0.25, -0.2) is 0 Å². The smallest absolute Gasteiger partial charge is 0.257 e. The lowest BCUT2D eigenvalue weighted by atomic mass is 10.1. The molecule has 3 amide bonds. The van der Waals surface area contributed by atoms with Gasteiger partial charge in [0.1, 0.15) is 6.04 Å². The van der Waals surface area contributed by atoms with Crippen molar-refractivity contribution in [3.8, 4) is 0 Å². The molecule has 33 heavy (non-hydrogen) atoms. The van der Waals surface area contributed by atoms with Crippen LogP contribution in [0.3, 0.4) is 0 Å². The molecule has 0 radical (unpaired) electrons. The molecule has 170 valence electrons. The molecule has 2 saturated heterocycles. The van der Waals surface area contributed by atoms with E-state index in [4.69, 9.17) is 11.6 Å². The fourth-order valence-electron chi connectivity index (χ4n) is 4.17. The van der Waals surface area contributed by atoms with E-state index in [0.29, 0.717) is 41.0 Å². The average Bonchev–Trinajstić information content (AvgIpc) is 3.46. The van der Waals surface area contributed by atoms with Gasteiger partial charge in [0.25, 0.3) is 5.91 Å². The second-order valence-corrected chi connectivity index (χ2v) is 9.37. The highest BCUT2D eigenvalue weighted by Gasteiger charge is 2.36. The third kappa shape index (κ3) is 4.26. The Labute approximate surface area is 199 Å². The van der Waals surface area contributed by atoms with Crippen LogP contribution in [0.4, 0.5) is 11.4 Å². The molecule has 2 fully saturated rings. The summed E-state index contributed by atoms with van der Waals surface area (Å²) >= 11 is 8.01. The van der Waals surface area contributed by atoms with Crippen LogP contribution in [0.25, 0.3) is 10.9 Å². The van der Waals surface area contributed by atoms with Crippen molar-refractivity contribution in [2.45, 2.75) is 6.04 Å². The van der Waals surface area contributed by atoms with Gasteiger partial charge in [-0.2, -0.15) is 0 Å². The van der Waals surface area contributed by atoms with Crippen LogP contribution < -0.4 is 15.5 Å². The fraction of sp³-hybridized carbons (Fsp3) is 0.261. The monoisotopic (exact) mass is 483 g/mol. The Bertz CT molecular complexity index is 1250. The van der Waals surface area contributed by atoms with Crippen LogP contribution in [0.1, 0.15) is 10.4 Å². The number of carbonyl (C=O) groups excluding carboxylic acids is 3. The summed E-state index contributed by atoms with van der Waals surface area (Å²) in [6, 6.07) is 12.3. The number of nitrogens with one attached hydrogen (secondary N) is 3. The van der Waals surface area contributed by atoms with Crippen molar-refractivity contribution < 1.29 is 14.4 Å². The molecule has 10 heteroatoms. The van der Waals surface area contributed by atoms with Crippen molar-refractivity contribution in [2.24, 2.45) is 0 Å². The zero-order valence-electron chi connectivity index (χ0n) is 17.6. The maximum atomic E-state index is 13.2. The lowest BCUT2D eigenvalue weighted by Gasteiger charge is -2.29. The lowest BCUT2D eigenvalue weighted by Crippen LogP contribution is -2.47. The van der Waals surface area contributed by atoms with Crippen LogP contribution >= 0.6 is 23.4 Å². The fourth-order valence-corrected chi connectivity index (χ4v) is 5.63. The van der Waals surface area contributed by atoms with E-state index in [9.17, 15) is 14.4 Å². The number of fused-ring (bicyclic) bond motifs is 1. The van der Waals surface area contributed by atoms with E-state index in [1.165, 1.54) is 0 Å². The molecule has 0 saturated carbocycles. The normalized spacial score (nSPS) is 18.5. The number of piperazine rings is 1. The van der Waals surface area contributed by atoms with Crippen LogP contribution in [-0.2, 0) is 9.59 Å². The van der Waals surface area contributed by atoms with Gasteiger partial charge in [-0.3, -0.25) is 14.4 Å². The summed E-state index contributed by atoms with van der Waals surface area (Å²) in [5.74, 6) is 0.499. The van der Waals surface area contributed by atoms with Gasteiger partial charge in [0.15, 0.2) is 0 Å². The molecule has 1 atom stereocenters. The molecule has 3 N–H and O–H groups in total. The first-order chi connectivity index (χ1) is 16.0. The van der Waals surface area contributed by atoms with Crippen LogP contribution in [0, 0.1) is 0 Å². The number of hydrogen-bond acceptors (Lipinski definition) is 5. The Hall–Kier alpha value is -3.17. The molecule has 3 heterocycles. The zero-order valence-corrected chi connectivity index (χ0v) is 19.2. The highest BCUT2D eigenvalue weighted by Crippen LogP contribution is 2.31. The average molecular weight is 484 g/mol. The predicted octanol–water partition coefficient (Wildman–Crippen LogP) is 2.91. The minimum absolute atomic E-state index is 0.0478. The Morgan fingerprint density at radius 3 is 2.85 bits per heavy atom. The summed E-state index contributed by atoms with van der Waals surface area (Å²) in [7, 11) is 0. The first-order valence-corrected chi connectivity index (χ1v) is 12.1. The minimum atomic E-state index is -0.583. The number of para-hydroxylation sites is 1. The second-order valence-electron chi connectivity index (χ2n) is 7.97. The molecular formula is C23H22ClN5O3S. The van der Waals surface area contributed by atoms with E-state index >= 15 is 0 Å². The minimum Gasteiger partial charge on any atom is -0.360 e. The van der Waals surface area contributed by atoms with E-state index < -0.39 is 6.04 Å². The molecule has 0 bridgehead atoms. The number of halogens is 1. The van der Waals surface area contributed by atoms with Crippen LogP contribution in [0.15, 0.2) is 48.7 Å². The van der Waals surface area contributed by atoms with Gasteiger partial charge in [0.2, 0.25) is 11.8 Å².